The van der Waals surface area contributed by atoms with E-state index in [0.717, 1.165) is 35.5 Å². The summed E-state index contributed by atoms with van der Waals surface area (Å²) in [6.45, 7) is 16.0. The molecule has 4 rings (SSSR count). The van der Waals surface area contributed by atoms with Gasteiger partial charge in [0.1, 0.15) is 5.69 Å². The van der Waals surface area contributed by atoms with Gasteiger partial charge < -0.3 is 14.9 Å². The van der Waals surface area contributed by atoms with Crippen LogP contribution in [0.3, 0.4) is 0 Å². The van der Waals surface area contributed by atoms with Crippen LogP contribution in [0.4, 0.5) is 5.69 Å². The maximum Gasteiger partial charge on any atom is 0.237 e. The first-order chi connectivity index (χ1) is 17.2. The van der Waals surface area contributed by atoms with Gasteiger partial charge in [-0.3, -0.25) is 9.88 Å². The lowest BCUT2D eigenvalue weighted by Crippen LogP contribution is -2.65. The molecule has 0 spiro atoms. The molecule has 1 aliphatic heterocycles. The van der Waals surface area contributed by atoms with Crippen LogP contribution >= 0.6 is 23.2 Å². The number of nitrogens with zero attached hydrogens (tertiary/aromatic N) is 3. The smallest absolute Gasteiger partial charge is 0.237 e. The van der Waals surface area contributed by atoms with E-state index in [1.807, 2.05) is 30.3 Å². The first-order valence-electron chi connectivity index (χ1n) is 12.4. The number of methoxy groups -OCH3 is 1. The molecule has 37 heavy (non-hydrogen) atoms. The van der Waals surface area contributed by atoms with Crippen LogP contribution in [0.2, 0.25) is 28.2 Å². The molecule has 0 radical (unpaired) electrons. The Kier molecular flexibility index (Phi) is 7.67. The quantitative estimate of drug-likeness (QED) is 0.242. The van der Waals surface area contributed by atoms with Gasteiger partial charge in [0.25, 0.3) is 0 Å². The summed E-state index contributed by atoms with van der Waals surface area (Å²) < 4.78 is 12.3. The van der Waals surface area contributed by atoms with E-state index in [2.05, 4.69) is 45.7 Å². The van der Waals surface area contributed by atoms with E-state index in [0.29, 0.717) is 33.9 Å². The summed E-state index contributed by atoms with van der Waals surface area (Å²) >= 11 is 13.3. The molecule has 0 amide bonds. The standard InChI is InChI=1S/C28H36Cl2N4O2Si/c1-27(2,3)37(6,7)36-28(4)16-34(17-28)15-23-26(35-5)33-22(14-32-23)20-12-8-10-18(24(20)29)19-11-9-13-21(31)25(19)30/h8-14H,15-17,31H2,1-7H3. The number of nitrogens with two attached hydrogens (primary N) is 1. The molecule has 0 atom stereocenters. The molecular formula is C28H36Cl2N4O2Si. The second-order valence-corrected chi connectivity index (χ2v) is 17.0. The van der Waals surface area contributed by atoms with Gasteiger partial charge in [-0.15, -0.1) is 0 Å². The normalized spacial score (nSPS) is 15.9. The molecule has 1 fully saturated rings. The Morgan fingerprint density at radius 1 is 1.03 bits per heavy atom. The highest BCUT2D eigenvalue weighted by atomic mass is 35.5. The Morgan fingerprint density at radius 3 is 2.24 bits per heavy atom. The van der Waals surface area contributed by atoms with Crippen molar-refractivity contribution in [3.05, 3.63) is 58.3 Å². The fourth-order valence-corrected chi connectivity index (χ4v) is 6.77. The van der Waals surface area contributed by atoms with Crippen molar-refractivity contribution < 1.29 is 9.16 Å². The van der Waals surface area contributed by atoms with Crippen LogP contribution in [0.5, 0.6) is 5.88 Å². The topological polar surface area (TPSA) is 73.5 Å². The van der Waals surface area contributed by atoms with Crippen molar-refractivity contribution in [3.63, 3.8) is 0 Å². The Morgan fingerprint density at radius 2 is 1.62 bits per heavy atom. The minimum Gasteiger partial charge on any atom is -0.480 e. The second-order valence-electron chi connectivity index (χ2n) is 11.5. The Balaban J connectivity index is 1.53. The molecule has 3 aromatic rings. The number of ether oxygens (including phenoxy) is 1. The van der Waals surface area contributed by atoms with Gasteiger partial charge in [0.15, 0.2) is 8.32 Å². The van der Waals surface area contributed by atoms with Crippen LogP contribution in [-0.2, 0) is 11.0 Å². The van der Waals surface area contributed by atoms with Crippen molar-refractivity contribution in [3.8, 4) is 28.3 Å². The molecule has 2 heterocycles. The number of hydrogen-bond donors (Lipinski definition) is 1. The van der Waals surface area contributed by atoms with Crippen molar-refractivity contribution in [2.24, 2.45) is 0 Å². The van der Waals surface area contributed by atoms with E-state index in [1.54, 1.807) is 19.4 Å². The molecule has 198 valence electrons. The van der Waals surface area contributed by atoms with E-state index in [4.69, 9.17) is 48.1 Å². The molecule has 1 aromatic heterocycles. The fourth-order valence-electron chi connectivity index (χ4n) is 4.55. The van der Waals surface area contributed by atoms with E-state index < -0.39 is 8.32 Å². The summed E-state index contributed by atoms with van der Waals surface area (Å²) in [5, 5.41) is 1.18. The SMILES string of the molecule is COc1nc(-c2cccc(-c3cccc(N)c3Cl)c2Cl)cnc1CN1CC(C)(O[Si](C)(C)C(C)(C)C)C1. The molecule has 2 N–H and O–H groups in total. The molecule has 0 saturated carbocycles. The Labute approximate surface area is 231 Å². The third-order valence-corrected chi connectivity index (χ3v) is 12.8. The van der Waals surface area contributed by atoms with Crippen LogP contribution in [0.1, 0.15) is 33.4 Å². The summed E-state index contributed by atoms with van der Waals surface area (Å²) in [7, 11) is -0.229. The molecule has 2 aromatic carbocycles. The van der Waals surface area contributed by atoms with E-state index in [1.165, 1.54) is 0 Å². The maximum absolute atomic E-state index is 6.84. The predicted molar refractivity (Wildman–Crippen MR) is 156 cm³/mol. The number of aromatic nitrogens is 2. The number of hydrogen-bond acceptors (Lipinski definition) is 6. The fraction of sp³-hybridized carbons (Fsp3) is 0.429. The summed E-state index contributed by atoms with van der Waals surface area (Å²) in [5.41, 5.74) is 10.1. The third kappa shape index (κ3) is 5.66. The van der Waals surface area contributed by atoms with Gasteiger partial charge in [-0.05, 0) is 31.1 Å². The van der Waals surface area contributed by atoms with E-state index in [-0.39, 0.29) is 10.6 Å². The minimum atomic E-state index is -1.84. The van der Waals surface area contributed by atoms with Crippen LogP contribution in [0.15, 0.2) is 42.6 Å². The maximum atomic E-state index is 6.84. The highest BCUT2D eigenvalue weighted by Crippen LogP contribution is 2.42. The number of halogens is 2. The second kappa shape index (κ2) is 10.2. The summed E-state index contributed by atoms with van der Waals surface area (Å²) in [4.78, 5) is 11.8. The van der Waals surface area contributed by atoms with E-state index in [9.17, 15) is 0 Å². The van der Waals surface area contributed by atoms with Crippen LogP contribution < -0.4 is 10.5 Å². The van der Waals surface area contributed by atoms with Gasteiger partial charge >= 0.3 is 0 Å². The molecule has 1 saturated heterocycles. The van der Waals surface area contributed by atoms with Gasteiger partial charge in [-0.25, -0.2) is 4.98 Å². The third-order valence-electron chi connectivity index (χ3n) is 7.40. The van der Waals surface area contributed by atoms with Gasteiger partial charge in [0, 0.05) is 36.3 Å². The lowest BCUT2D eigenvalue weighted by Gasteiger charge is -2.53. The first-order valence-corrected chi connectivity index (χ1v) is 16.1. The lowest BCUT2D eigenvalue weighted by atomic mass is 9.97. The molecular weight excluding hydrogens is 523 g/mol. The van der Waals surface area contributed by atoms with Gasteiger partial charge in [0.05, 0.1) is 40.3 Å². The highest BCUT2D eigenvalue weighted by Gasteiger charge is 2.48. The predicted octanol–water partition coefficient (Wildman–Crippen LogP) is 7.30. The van der Waals surface area contributed by atoms with Crippen LogP contribution in [-0.4, -0.2) is 49.0 Å². The Hall–Kier alpha value is -2.16. The van der Waals surface area contributed by atoms with Crippen LogP contribution in [0, 0.1) is 0 Å². The zero-order valence-corrected chi connectivity index (χ0v) is 25.2. The largest absolute Gasteiger partial charge is 0.480 e. The monoisotopic (exact) mass is 558 g/mol. The van der Waals surface area contributed by atoms with Crippen molar-refractivity contribution >= 4 is 37.2 Å². The zero-order valence-electron chi connectivity index (χ0n) is 22.7. The van der Waals surface area contributed by atoms with Gasteiger partial charge in [-0.2, -0.15) is 0 Å². The number of benzene rings is 2. The molecule has 0 aliphatic carbocycles. The van der Waals surface area contributed by atoms with Crippen molar-refractivity contribution in [2.75, 3.05) is 25.9 Å². The highest BCUT2D eigenvalue weighted by molar-refractivity contribution is 6.74. The molecule has 0 unspecified atom stereocenters. The average molecular weight is 560 g/mol. The Bertz CT molecular complexity index is 1300. The minimum absolute atomic E-state index is 0.139. The lowest BCUT2D eigenvalue weighted by molar-refractivity contribution is -0.0772. The van der Waals surface area contributed by atoms with Crippen molar-refractivity contribution in [1.29, 1.82) is 0 Å². The summed E-state index contributed by atoms with van der Waals surface area (Å²) in [6, 6.07) is 11.3. The number of anilines is 1. The first kappa shape index (κ1) is 27.9. The molecule has 1 aliphatic rings. The van der Waals surface area contributed by atoms with Crippen molar-refractivity contribution in [1.82, 2.24) is 14.9 Å². The average Bonchev–Trinajstić information content (AvgIpc) is 2.79. The zero-order chi connectivity index (χ0) is 27.2. The van der Waals surface area contributed by atoms with Crippen LogP contribution in [0.25, 0.3) is 22.4 Å². The molecule has 9 heteroatoms. The molecule has 0 bridgehead atoms. The number of rotatable bonds is 7. The summed E-state index contributed by atoms with van der Waals surface area (Å²) in [5.74, 6) is 0.486. The van der Waals surface area contributed by atoms with Gasteiger partial charge in [0.2, 0.25) is 5.88 Å². The molecule has 6 nitrogen and oxygen atoms in total. The number of nitrogen functional groups attached to an aromatic ring is 1. The van der Waals surface area contributed by atoms with E-state index >= 15 is 0 Å². The summed E-state index contributed by atoms with van der Waals surface area (Å²) in [6.07, 6.45) is 1.74. The van der Waals surface area contributed by atoms with Crippen molar-refractivity contribution in [2.45, 2.75) is 58.0 Å². The van der Waals surface area contributed by atoms with Gasteiger partial charge in [-0.1, -0.05) is 74.3 Å². The number of likely N-dealkylation sites (tertiary alicyclic amines) is 1.